The number of hydrogen-bond acceptors (Lipinski definition) is 0. The summed E-state index contributed by atoms with van der Waals surface area (Å²) in [5.74, 6) is -8.72. The minimum absolute atomic E-state index is 1.24. The molecular weight excluding hydrogens is 227 g/mol. The Hall–Kier alpha value is -1.28. The van der Waals surface area contributed by atoms with E-state index in [2.05, 4.69) is 0 Å². The third-order valence-electron chi connectivity index (χ3n) is 1.38. The van der Waals surface area contributed by atoms with Crippen molar-refractivity contribution in [2.75, 3.05) is 0 Å². The Bertz CT molecular complexity index is 414. The molecule has 0 bridgehead atoms. The third-order valence-corrected chi connectivity index (χ3v) is 1.48. The Kier molecular flexibility index (Phi) is 2.96. The lowest BCUT2D eigenvalue weighted by atomic mass is 10.2. The molecule has 0 aromatic heterocycles. The average Bonchev–Trinajstić information content (AvgIpc) is 2.19. The summed E-state index contributed by atoms with van der Waals surface area (Å²) in [4.78, 5) is 0. The zero-order valence-electron chi connectivity index (χ0n) is 6.27. The van der Waals surface area contributed by atoms with Crippen molar-refractivity contribution in [3.05, 3.63) is 34.6 Å². The van der Waals surface area contributed by atoms with Gasteiger partial charge in [-0.05, 0) is 17.5 Å². The summed E-state index contributed by atoms with van der Waals surface area (Å²) in [7, 11) is 0. The standard InChI is InChI=1S/C8ClF5/c9-2-1-3-4(10)6(12)8(14)7(13)5(3)11. The highest BCUT2D eigenvalue weighted by Crippen LogP contribution is 2.21. The fraction of sp³-hybridized carbons (Fsp3) is 0. The highest BCUT2D eigenvalue weighted by Gasteiger charge is 2.24. The van der Waals surface area contributed by atoms with Crippen LogP contribution in [0.2, 0.25) is 0 Å². The molecule has 0 nitrogen and oxygen atoms in total. The van der Waals surface area contributed by atoms with Crippen LogP contribution >= 0.6 is 11.6 Å². The Labute approximate surface area is 80.3 Å². The van der Waals surface area contributed by atoms with Crippen LogP contribution in [0.25, 0.3) is 0 Å². The largest absolute Gasteiger partial charge is 0.202 e. The van der Waals surface area contributed by atoms with E-state index in [0.717, 1.165) is 0 Å². The summed E-state index contributed by atoms with van der Waals surface area (Å²) in [6.07, 6.45) is 0. The molecule has 0 N–H and O–H groups in total. The van der Waals surface area contributed by atoms with Gasteiger partial charge in [0.2, 0.25) is 5.82 Å². The first-order valence-electron chi connectivity index (χ1n) is 3.13. The van der Waals surface area contributed by atoms with Gasteiger partial charge in [0.15, 0.2) is 23.3 Å². The topological polar surface area (TPSA) is 0 Å². The summed E-state index contributed by atoms with van der Waals surface area (Å²) >= 11 is 4.79. The third kappa shape index (κ3) is 1.53. The summed E-state index contributed by atoms with van der Waals surface area (Å²) < 4.78 is 62.8. The van der Waals surface area contributed by atoms with E-state index in [1.165, 1.54) is 5.38 Å². The molecule has 0 unspecified atom stereocenters. The van der Waals surface area contributed by atoms with E-state index in [1.807, 2.05) is 0 Å². The Morgan fingerprint density at radius 1 is 0.714 bits per heavy atom. The van der Waals surface area contributed by atoms with Crippen molar-refractivity contribution in [2.45, 2.75) is 0 Å². The number of rotatable bonds is 0. The molecule has 6 heteroatoms. The molecular formula is C8ClF5. The molecule has 1 rings (SSSR count). The van der Waals surface area contributed by atoms with E-state index < -0.39 is 34.6 Å². The highest BCUT2D eigenvalue weighted by molar-refractivity contribution is 6.30. The average molecular weight is 227 g/mol. The van der Waals surface area contributed by atoms with Gasteiger partial charge in [0.05, 0.1) is 0 Å². The normalized spacial score (nSPS) is 9.57. The summed E-state index contributed by atoms with van der Waals surface area (Å²) in [5, 5.41) is 1.53. The number of hydrogen-bond donors (Lipinski definition) is 0. The quantitative estimate of drug-likeness (QED) is 0.276. The molecule has 0 aliphatic rings. The van der Waals surface area contributed by atoms with Crippen molar-refractivity contribution in [3.8, 4) is 11.3 Å². The van der Waals surface area contributed by atoms with Crippen LogP contribution in [0.5, 0.6) is 0 Å². The van der Waals surface area contributed by atoms with Crippen LogP contribution in [0.1, 0.15) is 5.56 Å². The van der Waals surface area contributed by atoms with E-state index in [0.29, 0.717) is 0 Å². The first kappa shape index (κ1) is 10.8. The predicted octanol–water partition coefficient (Wildman–Crippen LogP) is 2.93. The van der Waals surface area contributed by atoms with Crippen molar-refractivity contribution in [3.63, 3.8) is 0 Å². The molecule has 0 saturated carbocycles. The van der Waals surface area contributed by atoms with E-state index in [1.54, 1.807) is 5.92 Å². The zero-order valence-corrected chi connectivity index (χ0v) is 7.02. The fourth-order valence-corrected chi connectivity index (χ4v) is 0.856. The molecule has 0 aliphatic carbocycles. The molecule has 74 valence electrons. The van der Waals surface area contributed by atoms with Crippen molar-refractivity contribution in [1.29, 1.82) is 0 Å². The van der Waals surface area contributed by atoms with Crippen LogP contribution in [0.4, 0.5) is 22.0 Å². The lowest BCUT2D eigenvalue weighted by Crippen LogP contribution is -2.04. The molecule has 14 heavy (non-hydrogen) atoms. The van der Waals surface area contributed by atoms with Crippen LogP contribution in [0, 0.1) is 40.4 Å². The van der Waals surface area contributed by atoms with Gasteiger partial charge in [0.1, 0.15) is 5.56 Å². The minimum atomic E-state index is -2.22. The maximum Gasteiger partial charge on any atom is 0.200 e. The molecule has 1 aromatic rings. The molecule has 0 fully saturated rings. The fourth-order valence-electron chi connectivity index (χ4n) is 0.762. The second kappa shape index (κ2) is 3.84. The first-order chi connectivity index (χ1) is 6.50. The monoisotopic (exact) mass is 226 g/mol. The van der Waals surface area contributed by atoms with Gasteiger partial charge in [-0.25, -0.2) is 22.0 Å². The van der Waals surface area contributed by atoms with Crippen molar-refractivity contribution in [1.82, 2.24) is 0 Å². The van der Waals surface area contributed by atoms with Gasteiger partial charge in [0.25, 0.3) is 0 Å². The van der Waals surface area contributed by atoms with E-state index in [-0.39, 0.29) is 0 Å². The highest BCUT2D eigenvalue weighted by atomic mass is 35.5. The van der Waals surface area contributed by atoms with Gasteiger partial charge in [-0.15, -0.1) is 0 Å². The second-order valence-corrected chi connectivity index (χ2v) is 2.35. The molecule has 0 atom stereocenters. The van der Waals surface area contributed by atoms with Crippen LogP contribution in [0.3, 0.4) is 0 Å². The van der Waals surface area contributed by atoms with Gasteiger partial charge in [0, 0.05) is 5.38 Å². The SMILES string of the molecule is Fc1c(F)c(F)c(C#CCl)c(F)c1F. The Balaban J connectivity index is 3.65. The minimum Gasteiger partial charge on any atom is -0.202 e. The van der Waals surface area contributed by atoms with Crippen molar-refractivity contribution < 1.29 is 22.0 Å². The first-order valence-corrected chi connectivity index (χ1v) is 3.51. The maximum atomic E-state index is 12.7. The van der Waals surface area contributed by atoms with Crippen LogP contribution in [-0.2, 0) is 0 Å². The summed E-state index contributed by atoms with van der Waals surface area (Å²) in [6, 6.07) is 0. The van der Waals surface area contributed by atoms with Gasteiger partial charge >= 0.3 is 0 Å². The Morgan fingerprint density at radius 3 is 1.43 bits per heavy atom. The van der Waals surface area contributed by atoms with Gasteiger partial charge < -0.3 is 0 Å². The lowest BCUT2D eigenvalue weighted by Gasteiger charge is -2.01. The molecule has 0 radical (unpaired) electrons. The molecule has 0 spiro atoms. The molecule has 0 aliphatic heterocycles. The van der Waals surface area contributed by atoms with Crippen molar-refractivity contribution >= 4 is 11.6 Å². The van der Waals surface area contributed by atoms with Crippen LogP contribution in [-0.4, -0.2) is 0 Å². The second-order valence-electron chi connectivity index (χ2n) is 2.16. The van der Waals surface area contributed by atoms with E-state index in [4.69, 9.17) is 11.6 Å². The van der Waals surface area contributed by atoms with Gasteiger partial charge in [-0.3, -0.25) is 0 Å². The smallest absolute Gasteiger partial charge is 0.200 e. The van der Waals surface area contributed by atoms with E-state index >= 15 is 0 Å². The molecule has 0 heterocycles. The zero-order chi connectivity index (χ0) is 10.9. The van der Waals surface area contributed by atoms with E-state index in [9.17, 15) is 22.0 Å². The molecule has 0 amide bonds. The van der Waals surface area contributed by atoms with Gasteiger partial charge in [-0.2, -0.15) is 0 Å². The lowest BCUT2D eigenvalue weighted by molar-refractivity contribution is 0.376. The Morgan fingerprint density at radius 2 is 1.07 bits per heavy atom. The van der Waals surface area contributed by atoms with Crippen molar-refractivity contribution in [2.24, 2.45) is 0 Å². The summed E-state index contributed by atoms with van der Waals surface area (Å²) in [6.45, 7) is 0. The number of halogens is 6. The molecule has 0 saturated heterocycles. The number of benzene rings is 1. The predicted molar refractivity (Wildman–Crippen MR) is 39.0 cm³/mol. The van der Waals surface area contributed by atoms with Crippen LogP contribution < -0.4 is 0 Å². The summed E-state index contributed by atoms with van der Waals surface area (Å²) in [5.41, 5.74) is -1.24. The van der Waals surface area contributed by atoms with Gasteiger partial charge in [-0.1, -0.05) is 0 Å². The van der Waals surface area contributed by atoms with Crippen LogP contribution in [0.15, 0.2) is 0 Å². The molecule has 1 aromatic carbocycles. The maximum absolute atomic E-state index is 12.7.